The van der Waals surface area contributed by atoms with E-state index in [1.54, 1.807) is 0 Å². The van der Waals surface area contributed by atoms with Gasteiger partial charge in [-0.05, 0) is 24.3 Å². The number of aliphatic hydroxyl groups excluding tert-OH is 3. The first-order chi connectivity index (χ1) is 9.05. The van der Waals surface area contributed by atoms with Crippen molar-refractivity contribution in [3.63, 3.8) is 0 Å². The fourth-order valence-corrected chi connectivity index (χ4v) is 1.20. The van der Waals surface area contributed by atoms with Crippen molar-refractivity contribution in [3.05, 3.63) is 24.3 Å². The molecule has 19 heavy (non-hydrogen) atoms. The van der Waals surface area contributed by atoms with Gasteiger partial charge in [0.1, 0.15) is 12.4 Å². The molecule has 106 valence electrons. The minimum absolute atomic E-state index is 0.0683. The second kappa shape index (κ2) is 6.93. The van der Waals surface area contributed by atoms with Gasteiger partial charge in [0.25, 0.3) is 0 Å². The Balaban J connectivity index is 2.49. The molecular weight excluding hydrogens is 254 g/mol. The van der Waals surface area contributed by atoms with Crippen LogP contribution in [0.2, 0.25) is 0 Å². The van der Waals surface area contributed by atoms with Gasteiger partial charge in [0.05, 0.1) is 25.2 Å². The van der Waals surface area contributed by atoms with E-state index in [9.17, 15) is 4.79 Å². The van der Waals surface area contributed by atoms with Crippen LogP contribution < -0.4 is 5.32 Å². The van der Waals surface area contributed by atoms with E-state index in [2.05, 4.69) is 5.32 Å². The van der Waals surface area contributed by atoms with Crippen molar-refractivity contribution >= 4 is 11.8 Å². The van der Waals surface area contributed by atoms with Crippen molar-refractivity contribution in [1.29, 1.82) is 0 Å². The van der Waals surface area contributed by atoms with Crippen molar-refractivity contribution in [2.24, 2.45) is 5.41 Å². The molecule has 0 aliphatic carbocycles. The van der Waals surface area contributed by atoms with E-state index in [4.69, 9.17) is 25.2 Å². The third kappa shape index (κ3) is 4.40. The topological polar surface area (TPSA) is 119 Å². The molecule has 0 aromatic heterocycles. The molecule has 1 aromatic rings. The lowest BCUT2D eigenvalue weighted by atomic mass is 9.93. The summed E-state index contributed by atoms with van der Waals surface area (Å²) in [4.78, 5) is 11.5. The highest BCUT2D eigenvalue weighted by molar-refractivity contribution is 5.84. The molecule has 7 heteroatoms. The highest BCUT2D eigenvalue weighted by atomic mass is 16.6. The van der Waals surface area contributed by atoms with Crippen LogP contribution >= 0.6 is 0 Å². The number of phenols is 1. The molecule has 0 radical (unpaired) electrons. The van der Waals surface area contributed by atoms with Crippen LogP contribution in [-0.4, -0.2) is 52.9 Å². The van der Waals surface area contributed by atoms with Gasteiger partial charge in [0.15, 0.2) is 0 Å². The van der Waals surface area contributed by atoms with Crippen LogP contribution in [0.1, 0.15) is 0 Å². The number of ether oxygens (including phenoxy) is 1. The largest absolute Gasteiger partial charge is 0.508 e. The first-order valence-electron chi connectivity index (χ1n) is 5.60. The summed E-state index contributed by atoms with van der Waals surface area (Å²) >= 11 is 0. The van der Waals surface area contributed by atoms with Crippen molar-refractivity contribution in [2.45, 2.75) is 0 Å². The number of carbonyl (C=O) groups excluding carboxylic acids is 1. The molecule has 0 saturated carbocycles. The zero-order valence-electron chi connectivity index (χ0n) is 10.2. The van der Waals surface area contributed by atoms with Crippen molar-refractivity contribution in [3.8, 4) is 5.75 Å². The highest BCUT2D eigenvalue weighted by Gasteiger charge is 2.30. The second-order valence-electron chi connectivity index (χ2n) is 4.22. The minimum atomic E-state index is -1.26. The predicted octanol–water partition coefficient (Wildman–Crippen LogP) is -0.0960. The smallest absolute Gasteiger partial charge is 0.411 e. The van der Waals surface area contributed by atoms with E-state index in [0.29, 0.717) is 5.69 Å². The van der Waals surface area contributed by atoms with Crippen LogP contribution in [0.3, 0.4) is 0 Å². The molecule has 0 saturated heterocycles. The van der Waals surface area contributed by atoms with Gasteiger partial charge < -0.3 is 25.2 Å². The van der Waals surface area contributed by atoms with E-state index in [0.717, 1.165) is 0 Å². The summed E-state index contributed by atoms with van der Waals surface area (Å²) in [6.45, 7) is -1.84. The van der Waals surface area contributed by atoms with Crippen LogP contribution in [0.15, 0.2) is 24.3 Å². The Bertz CT molecular complexity index is 393. The number of aliphatic hydroxyl groups is 3. The van der Waals surface area contributed by atoms with Crippen LogP contribution in [0, 0.1) is 5.41 Å². The number of carbonyl (C=O) groups is 1. The highest BCUT2D eigenvalue weighted by Crippen LogP contribution is 2.17. The summed E-state index contributed by atoms with van der Waals surface area (Å²) in [6.07, 6.45) is -0.787. The van der Waals surface area contributed by atoms with Crippen LogP contribution in [0.4, 0.5) is 10.5 Å². The first-order valence-corrected chi connectivity index (χ1v) is 5.60. The average Bonchev–Trinajstić information content (AvgIpc) is 2.44. The number of aromatic hydroxyl groups is 1. The SMILES string of the molecule is O=C(Nc1ccc(O)cc1)OCC(CO)(CO)CO. The summed E-state index contributed by atoms with van der Waals surface area (Å²) < 4.78 is 4.82. The van der Waals surface area contributed by atoms with Gasteiger partial charge in [-0.15, -0.1) is 0 Å². The molecule has 5 N–H and O–H groups in total. The average molecular weight is 271 g/mol. The van der Waals surface area contributed by atoms with Gasteiger partial charge in [-0.3, -0.25) is 5.32 Å². The fraction of sp³-hybridized carbons (Fsp3) is 0.417. The number of hydrogen-bond donors (Lipinski definition) is 5. The molecule has 0 aliphatic rings. The number of anilines is 1. The number of hydrogen-bond acceptors (Lipinski definition) is 6. The molecule has 0 unspecified atom stereocenters. The summed E-state index contributed by atoms with van der Waals surface area (Å²) in [5, 5.41) is 38.6. The molecule has 1 amide bonds. The summed E-state index contributed by atoms with van der Waals surface area (Å²) in [5.41, 5.74) is -0.836. The molecule has 1 rings (SSSR count). The van der Waals surface area contributed by atoms with Gasteiger partial charge in [-0.2, -0.15) is 0 Å². The maximum Gasteiger partial charge on any atom is 0.411 e. The Kier molecular flexibility index (Phi) is 5.56. The molecule has 1 aromatic carbocycles. The lowest BCUT2D eigenvalue weighted by Gasteiger charge is -2.26. The Morgan fingerprint density at radius 3 is 2.11 bits per heavy atom. The molecule has 7 nitrogen and oxygen atoms in total. The standard InChI is InChI=1S/C12H17NO6/c14-5-12(6-15,7-16)8-19-11(18)13-9-1-3-10(17)4-2-9/h1-4,14-17H,5-8H2,(H,13,18). The number of amides is 1. The van der Waals surface area contributed by atoms with Crippen LogP contribution in [-0.2, 0) is 4.74 Å². The second-order valence-corrected chi connectivity index (χ2v) is 4.22. The summed E-state index contributed by atoms with van der Waals surface area (Å²) in [7, 11) is 0. The number of rotatable bonds is 6. The molecule has 0 aliphatic heterocycles. The number of nitrogens with one attached hydrogen (secondary N) is 1. The van der Waals surface area contributed by atoms with Gasteiger partial charge in [-0.1, -0.05) is 0 Å². The lowest BCUT2D eigenvalue weighted by Crippen LogP contribution is -2.40. The maximum atomic E-state index is 11.5. The molecule has 0 bridgehead atoms. The van der Waals surface area contributed by atoms with Gasteiger partial charge >= 0.3 is 6.09 Å². The Morgan fingerprint density at radius 1 is 1.11 bits per heavy atom. The van der Waals surface area contributed by atoms with E-state index in [1.807, 2.05) is 0 Å². The fourth-order valence-electron chi connectivity index (χ4n) is 1.20. The third-order valence-corrected chi connectivity index (χ3v) is 2.63. The molecule has 0 fully saturated rings. The van der Waals surface area contributed by atoms with Gasteiger partial charge in [0, 0.05) is 5.69 Å². The Labute approximate surface area is 110 Å². The quantitative estimate of drug-likeness (QED) is 0.461. The molecule has 0 heterocycles. The first kappa shape index (κ1) is 15.2. The third-order valence-electron chi connectivity index (χ3n) is 2.63. The van der Waals surface area contributed by atoms with Crippen LogP contribution in [0.5, 0.6) is 5.75 Å². The molecule has 0 atom stereocenters. The minimum Gasteiger partial charge on any atom is -0.508 e. The summed E-state index contributed by atoms with van der Waals surface area (Å²) in [5.74, 6) is 0.0683. The van der Waals surface area contributed by atoms with Crippen molar-refractivity contribution < 1.29 is 30.0 Å². The molecular formula is C12H17NO6. The van der Waals surface area contributed by atoms with Crippen molar-refractivity contribution in [2.75, 3.05) is 31.7 Å². The normalized spacial score (nSPS) is 11.1. The van der Waals surface area contributed by atoms with E-state index < -0.39 is 31.3 Å². The Morgan fingerprint density at radius 2 is 1.63 bits per heavy atom. The predicted molar refractivity (Wildman–Crippen MR) is 66.8 cm³/mol. The van der Waals surface area contributed by atoms with Crippen LogP contribution in [0.25, 0.3) is 0 Å². The van der Waals surface area contributed by atoms with Gasteiger partial charge in [0.2, 0.25) is 0 Å². The van der Waals surface area contributed by atoms with Gasteiger partial charge in [-0.25, -0.2) is 4.79 Å². The number of phenolic OH excluding ortho intramolecular Hbond substituents is 1. The number of benzene rings is 1. The van der Waals surface area contributed by atoms with Crippen molar-refractivity contribution in [1.82, 2.24) is 0 Å². The van der Waals surface area contributed by atoms with E-state index >= 15 is 0 Å². The summed E-state index contributed by atoms with van der Waals surface area (Å²) in [6, 6.07) is 5.76. The van der Waals surface area contributed by atoms with E-state index in [-0.39, 0.29) is 12.4 Å². The zero-order chi connectivity index (χ0) is 14.3. The Hall–Kier alpha value is -1.83. The monoisotopic (exact) mass is 271 g/mol. The maximum absolute atomic E-state index is 11.5. The molecule has 0 spiro atoms. The zero-order valence-corrected chi connectivity index (χ0v) is 10.2. The van der Waals surface area contributed by atoms with E-state index in [1.165, 1.54) is 24.3 Å². The lowest BCUT2D eigenvalue weighted by molar-refractivity contribution is -0.0354.